The molecule has 1 fully saturated rings. The highest BCUT2D eigenvalue weighted by atomic mass is 16.1. The van der Waals surface area contributed by atoms with E-state index in [1.54, 1.807) is 48.4 Å². The molecule has 0 bridgehead atoms. The SMILES string of the molecule is Cn1cc(-c2nc(NC(=O)c3ccc4cnccc4c3)ccc2C2CC2)ccc1=O. The van der Waals surface area contributed by atoms with Gasteiger partial charge in [0.1, 0.15) is 5.82 Å². The third kappa shape index (κ3) is 3.48. The third-order valence-corrected chi connectivity index (χ3v) is 5.45. The smallest absolute Gasteiger partial charge is 0.256 e. The number of aromatic nitrogens is 3. The summed E-state index contributed by atoms with van der Waals surface area (Å²) in [5.41, 5.74) is 3.33. The van der Waals surface area contributed by atoms with Crippen molar-refractivity contribution in [1.29, 1.82) is 0 Å². The molecule has 1 aliphatic carbocycles. The summed E-state index contributed by atoms with van der Waals surface area (Å²) in [6.45, 7) is 0. The van der Waals surface area contributed by atoms with Crippen LogP contribution in [0, 0.1) is 0 Å². The number of carbonyl (C=O) groups excluding carboxylic acids is 1. The highest BCUT2D eigenvalue weighted by molar-refractivity contribution is 6.06. The lowest BCUT2D eigenvalue weighted by Gasteiger charge is -2.12. The first-order valence-electron chi connectivity index (χ1n) is 9.91. The van der Waals surface area contributed by atoms with E-state index >= 15 is 0 Å². The number of benzene rings is 1. The van der Waals surface area contributed by atoms with E-state index in [1.165, 1.54) is 0 Å². The molecule has 4 aromatic rings. The lowest BCUT2D eigenvalue weighted by atomic mass is 10.0. The molecule has 0 atom stereocenters. The van der Waals surface area contributed by atoms with Crippen LogP contribution in [0.15, 0.2) is 71.9 Å². The zero-order chi connectivity index (χ0) is 20.7. The Morgan fingerprint density at radius 3 is 2.73 bits per heavy atom. The van der Waals surface area contributed by atoms with Gasteiger partial charge in [-0.3, -0.25) is 14.6 Å². The first-order chi connectivity index (χ1) is 14.6. The molecule has 0 aliphatic heterocycles. The second kappa shape index (κ2) is 7.22. The lowest BCUT2D eigenvalue weighted by molar-refractivity contribution is 0.102. The minimum Gasteiger partial charge on any atom is -0.318 e. The Morgan fingerprint density at radius 2 is 1.93 bits per heavy atom. The van der Waals surface area contributed by atoms with Crippen molar-refractivity contribution in [3.8, 4) is 11.3 Å². The number of aryl methyl sites for hydroxylation is 1. The van der Waals surface area contributed by atoms with Crippen LogP contribution < -0.4 is 10.9 Å². The Morgan fingerprint density at radius 1 is 1.07 bits per heavy atom. The predicted octanol–water partition coefficient (Wildman–Crippen LogP) is 4.13. The standard InChI is InChI=1S/C24H20N4O2/c1-28-14-19(6-9-22(28)29)23-20(15-2-3-15)7-8-21(26-23)27-24(30)17-4-5-18-13-25-11-10-16(18)12-17/h4-15H,2-3H2,1H3,(H,26,27,30). The number of nitrogens with zero attached hydrogens (tertiary/aromatic N) is 3. The van der Waals surface area contributed by atoms with Crippen LogP contribution in [0.25, 0.3) is 22.0 Å². The van der Waals surface area contributed by atoms with Crippen LogP contribution in [0.4, 0.5) is 5.82 Å². The molecule has 30 heavy (non-hydrogen) atoms. The molecule has 1 aliphatic rings. The molecular weight excluding hydrogens is 376 g/mol. The van der Waals surface area contributed by atoms with E-state index in [9.17, 15) is 9.59 Å². The largest absolute Gasteiger partial charge is 0.318 e. The molecule has 5 rings (SSSR count). The quantitative estimate of drug-likeness (QED) is 0.563. The van der Waals surface area contributed by atoms with Crippen molar-refractivity contribution in [2.45, 2.75) is 18.8 Å². The van der Waals surface area contributed by atoms with Crippen molar-refractivity contribution >= 4 is 22.5 Å². The summed E-state index contributed by atoms with van der Waals surface area (Å²) in [5.74, 6) is 0.762. The van der Waals surface area contributed by atoms with Crippen LogP contribution in [-0.2, 0) is 7.05 Å². The maximum atomic E-state index is 12.8. The first kappa shape index (κ1) is 18.2. The lowest BCUT2D eigenvalue weighted by Crippen LogP contribution is -2.15. The van der Waals surface area contributed by atoms with Crippen LogP contribution in [0.3, 0.4) is 0 Å². The fourth-order valence-electron chi connectivity index (χ4n) is 3.64. The Kier molecular flexibility index (Phi) is 4.39. The average molecular weight is 396 g/mol. The maximum absolute atomic E-state index is 12.8. The molecule has 148 valence electrons. The molecule has 0 spiro atoms. The van der Waals surface area contributed by atoms with Crippen molar-refractivity contribution in [2.24, 2.45) is 7.05 Å². The van der Waals surface area contributed by atoms with Crippen molar-refractivity contribution < 1.29 is 4.79 Å². The highest BCUT2D eigenvalue weighted by Crippen LogP contribution is 2.44. The number of nitrogens with one attached hydrogen (secondary N) is 1. The summed E-state index contributed by atoms with van der Waals surface area (Å²) in [6, 6.07) is 14.6. The summed E-state index contributed by atoms with van der Waals surface area (Å²) in [6.07, 6.45) is 7.55. The molecule has 1 saturated carbocycles. The summed E-state index contributed by atoms with van der Waals surface area (Å²) in [5, 5.41) is 4.85. The summed E-state index contributed by atoms with van der Waals surface area (Å²) >= 11 is 0. The van der Waals surface area contributed by atoms with Crippen LogP contribution in [-0.4, -0.2) is 20.4 Å². The molecule has 0 unspecified atom stereocenters. The van der Waals surface area contributed by atoms with Gasteiger partial charge < -0.3 is 9.88 Å². The van der Waals surface area contributed by atoms with Gasteiger partial charge in [-0.1, -0.05) is 12.1 Å². The zero-order valence-corrected chi connectivity index (χ0v) is 16.5. The minimum atomic E-state index is -0.216. The number of fused-ring (bicyclic) bond motifs is 1. The van der Waals surface area contributed by atoms with Crippen LogP contribution >= 0.6 is 0 Å². The van der Waals surface area contributed by atoms with E-state index in [-0.39, 0.29) is 11.5 Å². The molecule has 6 nitrogen and oxygen atoms in total. The normalized spacial score (nSPS) is 13.4. The number of rotatable bonds is 4. The zero-order valence-electron chi connectivity index (χ0n) is 16.5. The molecule has 1 amide bonds. The minimum absolute atomic E-state index is 0.0670. The molecule has 6 heteroatoms. The predicted molar refractivity (Wildman–Crippen MR) is 117 cm³/mol. The molecule has 1 N–H and O–H groups in total. The van der Waals surface area contributed by atoms with Crippen LogP contribution in [0.2, 0.25) is 0 Å². The van der Waals surface area contributed by atoms with E-state index in [0.717, 1.165) is 40.4 Å². The van der Waals surface area contributed by atoms with E-state index in [1.807, 2.05) is 30.3 Å². The molecule has 3 heterocycles. The van der Waals surface area contributed by atoms with Gasteiger partial charge in [0.15, 0.2) is 0 Å². The fraction of sp³-hybridized carbons (Fsp3) is 0.167. The number of hydrogen-bond donors (Lipinski definition) is 1. The van der Waals surface area contributed by atoms with Gasteiger partial charge in [0.05, 0.1) is 5.69 Å². The second-order valence-corrected chi connectivity index (χ2v) is 7.67. The Labute approximate surface area is 173 Å². The first-order valence-corrected chi connectivity index (χ1v) is 9.91. The maximum Gasteiger partial charge on any atom is 0.256 e. The molecule has 0 radical (unpaired) electrons. The van der Waals surface area contributed by atoms with Gasteiger partial charge in [-0.15, -0.1) is 0 Å². The number of pyridine rings is 3. The third-order valence-electron chi connectivity index (χ3n) is 5.45. The van der Waals surface area contributed by atoms with Crippen LogP contribution in [0.1, 0.15) is 34.7 Å². The van der Waals surface area contributed by atoms with Gasteiger partial charge >= 0.3 is 0 Å². The van der Waals surface area contributed by atoms with Crippen molar-refractivity contribution in [2.75, 3.05) is 5.32 Å². The van der Waals surface area contributed by atoms with E-state index < -0.39 is 0 Å². The second-order valence-electron chi connectivity index (χ2n) is 7.67. The molecule has 0 saturated heterocycles. The van der Waals surface area contributed by atoms with Gasteiger partial charge in [-0.25, -0.2) is 4.98 Å². The Hall–Kier alpha value is -3.80. The van der Waals surface area contributed by atoms with Crippen molar-refractivity contribution in [3.63, 3.8) is 0 Å². The number of anilines is 1. The average Bonchev–Trinajstić information content (AvgIpc) is 3.60. The summed E-state index contributed by atoms with van der Waals surface area (Å²) in [7, 11) is 1.73. The van der Waals surface area contributed by atoms with E-state index in [2.05, 4.69) is 10.3 Å². The number of carbonyl (C=O) groups is 1. The summed E-state index contributed by atoms with van der Waals surface area (Å²) < 4.78 is 1.54. The van der Waals surface area contributed by atoms with Crippen molar-refractivity contribution in [1.82, 2.24) is 14.5 Å². The van der Waals surface area contributed by atoms with Gasteiger partial charge in [0.2, 0.25) is 5.56 Å². The topological polar surface area (TPSA) is 76.9 Å². The fourth-order valence-corrected chi connectivity index (χ4v) is 3.64. The van der Waals surface area contributed by atoms with Gasteiger partial charge in [0, 0.05) is 48.2 Å². The number of hydrogen-bond acceptors (Lipinski definition) is 4. The van der Waals surface area contributed by atoms with Gasteiger partial charge in [-0.2, -0.15) is 0 Å². The van der Waals surface area contributed by atoms with E-state index in [0.29, 0.717) is 17.3 Å². The Balaban J connectivity index is 1.48. The molecule has 3 aromatic heterocycles. The molecular formula is C24H20N4O2. The van der Waals surface area contributed by atoms with Gasteiger partial charge in [0.25, 0.3) is 5.91 Å². The van der Waals surface area contributed by atoms with Crippen molar-refractivity contribution in [3.05, 3.63) is 88.6 Å². The van der Waals surface area contributed by atoms with Crippen LogP contribution in [0.5, 0.6) is 0 Å². The highest BCUT2D eigenvalue weighted by Gasteiger charge is 2.27. The Bertz CT molecular complexity index is 1340. The van der Waals surface area contributed by atoms with Gasteiger partial charge in [-0.05, 0) is 60.0 Å². The number of amides is 1. The van der Waals surface area contributed by atoms with E-state index in [4.69, 9.17) is 4.98 Å². The molecule has 1 aromatic carbocycles. The summed E-state index contributed by atoms with van der Waals surface area (Å²) in [4.78, 5) is 33.4. The monoisotopic (exact) mass is 396 g/mol.